The highest BCUT2D eigenvalue weighted by Crippen LogP contribution is 2.32. The Morgan fingerprint density at radius 2 is 1.57 bits per heavy atom. The van der Waals surface area contributed by atoms with E-state index in [2.05, 4.69) is 5.32 Å². The zero-order valence-corrected chi connectivity index (χ0v) is 24.4. The molecule has 0 aliphatic rings. The summed E-state index contributed by atoms with van der Waals surface area (Å²) in [5.74, 6) is -0.191. The first kappa shape index (κ1) is 30.5. The van der Waals surface area contributed by atoms with E-state index in [1.807, 2.05) is 37.3 Å². The van der Waals surface area contributed by atoms with Gasteiger partial charge in [0.2, 0.25) is 11.8 Å². The van der Waals surface area contributed by atoms with Crippen molar-refractivity contribution in [3.8, 4) is 11.5 Å². The minimum absolute atomic E-state index is 0.0638. The first-order chi connectivity index (χ1) is 19.1. The van der Waals surface area contributed by atoms with Gasteiger partial charge in [-0.2, -0.15) is 0 Å². The maximum Gasteiger partial charge on any atom is 0.264 e. The van der Waals surface area contributed by atoms with Crippen LogP contribution >= 0.6 is 0 Å². The van der Waals surface area contributed by atoms with Gasteiger partial charge in [-0.15, -0.1) is 0 Å². The topological polar surface area (TPSA) is 105 Å². The molecule has 9 nitrogen and oxygen atoms in total. The number of sulfonamides is 1. The van der Waals surface area contributed by atoms with Crippen molar-refractivity contribution in [1.82, 2.24) is 10.2 Å². The molecule has 0 radical (unpaired) electrons. The molecule has 1 unspecified atom stereocenters. The third-order valence-electron chi connectivity index (χ3n) is 6.55. The molecule has 0 fully saturated rings. The lowest BCUT2D eigenvalue weighted by Crippen LogP contribution is -2.52. The number of carbonyl (C=O) groups excluding carboxylic acids is 2. The highest BCUT2D eigenvalue weighted by molar-refractivity contribution is 7.92. The Kier molecular flexibility index (Phi) is 10.6. The van der Waals surface area contributed by atoms with E-state index in [-0.39, 0.29) is 23.1 Å². The monoisotopic (exact) mass is 567 g/mol. The molecule has 10 heteroatoms. The third-order valence-corrected chi connectivity index (χ3v) is 8.32. The lowest BCUT2D eigenvalue weighted by molar-refractivity contribution is -0.138. The highest BCUT2D eigenvalue weighted by atomic mass is 32.2. The van der Waals surface area contributed by atoms with Crippen molar-refractivity contribution in [3.63, 3.8) is 0 Å². The molecule has 214 valence electrons. The van der Waals surface area contributed by atoms with Crippen LogP contribution in [0.2, 0.25) is 0 Å². The van der Waals surface area contributed by atoms with Gasteiger partial charge in [0.25, 0.3) is 10.0 Å². The van der Waals surface area contributed by atoms with Gasteiger partial charge in [0.15, 0.2) is 11.5 Å². The zero-order chi connectivity index (χ0) is 29.3. The lowest BCUT2D eigenvalue weighted by Gasteiger charge is -2.32. The highest BCUT2D eigenvalue weighted by Gasteiger charge is 2.32. The number of aryl methyl sites for hydroxylation is 1. The number of anilines is 1. The van der Waals surface area contributed by atoms with Gasteiger partial charge in [-0.3, -0.25) is 13.9 Å². The Morgan fingerprint density at radius 3 is 2.17 bits per heavy atom. The maximum atomic E-state index is 14.0. The fraction of sp³-hybridized carbons (Fsp3) is 0.333. The average Bonchev–Trinajstić information content (AvgIpc) is 2.96. The van der Waals surface area contributed by atoms with E-state index >= 15 is 0 Å². The summed E-state index contributed by atoms with van der Waals surface area (Å²) in [6, 6.07) is 19.9. The number of carbonyl (C=O) groups is 2. The van der Waals surface area contributed by atoms with Gasteiger partial charge in [-0.05, 0) is 57.0 Å². The lowest BCUT2D eigenvalue weighted by atomic mass is 10.1. The minimum atomic E-state index is -4.23. The number of ether oxygens (including phenoxy) is 2. The fourth-order valence-electron chi connectivity index (χ4n) is 4.24. The molecule has 2 amide bonds. The van der Waals surface area contributed by atoms with E-state index in [4.69, 9.17) is 9.47 Å². The van der Waals surface area contributed by atoms with Crippen LogP contribution in [0.1, 0.15) is 25.0 Å². The minimum Gasteiger partial charge on any atom is -0.493 e. The standard InChI is InChI=1S/C30H37N3O6S/c1-6-31-30(35)23(3)32(19-18-24-10-8-7-9-11-24)29(34)21-33(25-14-12-22(2)13-15-25)40(36,37)26-16-17-27(38-4)28(20-26)39-5/h7-17,20,23H,6,18-19,21H2,1-5H3,(H,31,35). The number of benzene rings is 3. The van der Waals surface area contributed by atoms with Crippen molar-refractivity contribution < 1.29 is 27.5 Å². The Bertz CT molecular complexity index is 1390. The van der Waals surface area contributed by atoms with Crippen molar-refractivity contribution in [2.24, 2.45) is 0 Å². The van der Waals surface area contributed by atoms with E-state index in [0.717, 1.165) is 15.4 Å². The van der Waals surface area contributed by atoms with Crippen molar-refractivity contribution in [1.29, 1.82) is 0 Å². The maximum absolute atomic E-state index is 14.0. The summed E-state index contributed by atoms with van der Waals surface area (Å²) in [5.41, 5.74) is 2.26. The number of amides is 2. The molecule has 1 atom stereocenters. The average molecular weight is 568 g/mol. The van der Waals surface area contributed by atoms with Gasteiger partial charge in [0.1, 0.15) is 12.6 Å². The van der Waals surface area contributed by atoms with Crippen LogP contribution < -0.4 is 19.1 Å². The van der Waals surface area contributed by atoms with Gasteiger partial charge in [-0.25, -0.2) is 8.42 Å². The molecule has 0 bridgehead atoms. The van der Waals surface area contributed by atoms with Gasteiger partial charge in [0.05, 0.1) is 24.8 Å². The quantitative estimate of drug-likeness (QED) is 0.337. The van der Waals surface area contributed by atoms with Crippen LogP contribution in [-0.2, 0) is 26.0 Å². The second-order valence-corrected chi connectivity index (χ2v) is 11.1. The van der Waals surface area contributed by atoms with Crippen molar-refractivity contribution in [2.45, 2.75) is 38.1 Å². The second-order valence-electron chi connectivity index (χ2n) is 9.26. The Labute approximate surface area is 236 Å². The predicted octanol–water partition coefficient (Wildman–Crippen LogP) is 3.80. The predicted molar refractivity (Wildman–Crippen MR) is 155 cm³/mol. The Hall–Kier alpha value is -4.05. The van der Waals surface area contributed by atoms with E-state index in [1.165, 1.54) is 37.3 Å². The van der Waals surface area contributed by atoms with Crippen LogP contribution in [0.3, 0.4) is 0 Å². The molecule has 3 aromatic carbocycles. The van der Waals surface area contributed by atoms with Crippen LogP contribution in [-0.4, -0.2) is 65.0 Å². The van der Waals surface area contributed by atoms with Gasteiger partial charge < -0.3 is 19.7 Å². The molecular formula is C30H37N3O6S. The Balaban J connectivity index is 2.01. The van der Waals surface area contributed by atoms with Crippen molar-refractivity contribution in [2.75, 3.05) is 38.2 Å². The summed E-state index contributed by atoms with van der Waals surface area (Å²) in [4.78, 5) is 28.0. The Morgan fingerprint density at radius 1 is 0.925 bits per heavy atom. The van der Waals surface area contributed by atoms with E-state index in [0.29, 0.717) is 24.4 Å². The normalized spacial score (nSPS) is 11.8. The molecule has 1 N–H and O–H groups in total. The molecule has 0 aliphatic heterocycles. The number of methoxy groups -OCH3 is 2. The van der Waals surface area contributed by atoms with Crippen molar-refractivity contribution in [3.05, 3.63) is 83.9 Å². The van der Waals surface area contributed by atoms with Crippen LogP contribution in [0.15, 0.2) is 77.7 Å². The molecule has 0 saturated carbocycles. The summed E-state index contributed by atoms with van der Waals surface area (Å²) < 4.78 is 39.7. The van der Waals surface area contributed by atoms with E-state index in [1.54, 1.807) is 38.1 Å². The van der Waals surface area contributed by atoms with Crippen LogP contribution in [0.4, 0.5) is 5.69 Å². The molecule has 0 heterocycles. The summed E-state index contributed by atoms with van der Waals surface area (Å²) in [5, 5.41) is 2.76. The van der Waals surface area contributed by atoms with Gasteiger partial charge in [0, 0.05) is 19.2 Å². The van der Waals surface area contributed by atoms with Crippen LogP contribution in [0, 0.1) is 6.92 Å². The molecule has 0 saturated heterocycles. The smallest absolute Gasteiger partial charge is 0.264 e. The molecule has 3 rings (SSSR count). The first-order valence-electron chi connectivity index (χ1n) is 13.0. The third kappa shape index (κ3) is 7.32. The van der Waals surface area contributed by atoms with Gasteiger partial charge in [-0.1, -0.05) is 48.0 Å². The van der Waals surface area contributed by atoms with E-state index < -0.39 is 28.5 Å². The first-order valence-corrected chi connectivity index (χ1v) is 14.5. The number of hydrogen-bond acceptors (Lipinski definition) is 6. The van der Waals surface area contributed by atoms with E-state index in [9.17, 15) is 18.0 Å². The summed E-state index contributed by atoms with van der Waals surface area (Å²) in [6.45, 7) is 5.48. The fourth-order valence-corrected chi connectivity index (χ4v) is 5.67. The molecule has 0 spiro atoms. The number of hydrogen-bond donors (Lipinski definition) is 1. The second kappa shape index (κ2) is 13.8. The SMILES string of the molecule is CCNC(=O)C(C)N(CCc1ccccc1)C(=O)CN(c1ccc(C)cc1)S(=O)(=O)c1ccc(OC)c(OC)c1. The van der Waals surface area contributed by atoms with Crippen LogP contribution in [0.25, 0.3) is 0 Å². The molecule has 3 aromatic rings. The number of likely N-dealkylation sites (N-methyl/N-ethyl adjacent to an activating group) is 1. The number of rotatable bonds is 13. The molecular weight excluding hydrogens is 530 g/mol. The molecule has 0 aliphatic carbocycles. The van der Waals surface area contributed by atoms with Crippen molar-refractivity contribution >= 4 is 27.5 Å². The largest absolute Gasteiger partial charge is 0.493 e. The molecule has 40 heavy (non-hydrogen) atoms. The van der Waals surface area contributed by atoms with Gasteiger partial charge >= 0.3 is 0 Å². The number of nitrogens with one attached hydrogen (secondary N) is 1. The zero-order valence-electron chi connectivity index (χ0n) is 23.6. The molecule has 0 aromatic heterocycles. The summed E-state index contributed by atoms with van der Waals surface area (Å²) >= 11 is 0. The summed E-state index contributed by atoms with van der Waals surface area (Å²) in [6.07, 6.45) is 0.503. The number of nitrogens with zero attached hydrogens (tertiary/aromatic N) is 2. The summed E-state index contributed by atoms with van der Waals surface area (Å²) in [7, 11) is -1.35. The van der Waals surface area contributed by atoms with Crippen LogP contribution in [0.5, 0.6) is 11.5 Å².